The van der Waals surface area contributed by atoms with Crippen LogP contribution in [0.5, 0.6) is 5.88 Å². The molecule has 1 aromatic heterocycles. The minimum Gasteiger partial charge on any atom is -0.481 e. The zero-order chi connectivity index (χ0) is 13.7. The first kappa shape index (κ1) is 13.5. The number of hydrogen-bond donors (Lipinski definition) is 1. The standard InChI is InChI=1S/C15H17FN2O/c1-17-14(12-4-6-13(16)7-5-12)9-11-3-8-15(19-2)18-10-11/h3-8,10,14,17H,9H2,1-2H3. The first-order valence-corrected chi connectivity index (χ1v) is 6.14. The van der Waals surface area contributed by atoms with Crippen LogP contribution in [0.15, 0.2) is 42.6 Å². The van der Waals surface area contributed by atoms with Crippen LogP contribution in [0.2, 0.25) is 0 Å². The molecule has 100 valence electrons. The first-order valence-electron chi connectivity index (χ1n) is 6.14. The molecule has 2 aromatic rings. The van der Waals surface area contributed by atoms with Crippen molar-refractivity contribution in [3.05, 3.63) is 59.5 Å². The van der Waals surface area contributed by atoms with Gasteiger partial charge in [0.15, 0.2) is 0 Å². The number of benzene rings is 1. The maximum atomic E-state index is 12.9. The molecule has 4 heteroatoms. The van der Waals surface area contributed by atoms with Crippen LogP contribution in [0.3, 0.4) is 0 Å². The van der Waals surface area contributed by atoms with Gasteiger partial charge in [0.2, 0.25) is 5.88 Å². The van der Waals surface area contributed by atoms with Gasteiger partial charge in [-0.3, -0.25) is 0 Å². The number of ether oxygens (including phenoxy) is 1. The second kappa shape index (κ2) is 6.29. The summed E-state index contributed by atoms with van der Waals surface area (Å²) in [5.41, 5.74) is 2.16. The van der Waals surface area contributed by atoms with E-state index in [4.69, 9.17) is 4.74 Å². The van der Waals surface area contributed by atoms with Gasteiger partial charge in [-0.1, -0.05) is 18.2 Å². The van der Waals surface area contributed by atoms with Gasteiger partial charge in [-0.05, 0) is 36.7 Å². The van der Waals surface area contributed by atoms with E-state index in [0.29, 0.717) is 5.88 Å². The summed E-state index contributed by atoms with van der Waals surface area (Å²) >= 11 is 0. The highest BCUT2D eigenvalue weighted by atomic mass is 19.1. The SMILES string of the molecule is CNC(Cc1ccc(OC)nc1)c1ccc(F)cc1. The molecule has 0 saturated carbocycles. The van der Waals surface area contributed by atoms with E-state index in [9.17, 15) is 4.39 Å². The van der Waals surface area contributed by atoms with Gasteiger partial charge in [0.05, 0.1) is 7.11 Å². The Morgan fingerprint density at radius 1 is 1.21 bits per heavy atom. The summed E-state index contributed by atoms with van der Waals surface area (Å²) in [5.74, 6) is 0.385. The van der Waals surface area contributed by atoms with Crippen LogP contribution < -0.4 is 10.1 Å². The van der Waals surface area contributed by atoms with E-state index >= 15 is 0 Å². The highest BCUT2D eigenvalue weighted by molar-refractivity contribution is 5.24. The predicted octanol–water partition coefficient (Wildman–Crippen LogP) is 2.73. The number of rotatable bonds is 5. The Bertz CT molecular complexity index is 511. The Hall–Kier alpha value is -1.94. The fourth-order valence-electron chi connectivity index (χ4n) is 1.97. The summed E-state index contributed by atoms with van der Waals surface area (Å²) in [5, 5.41) is 3.23. The van der Waals surface area contributed by atoms with Crippen LogP contribution >= 0.6 is 0 Å². The Labute approximate surface area is 112 Å². The lowest BCUT2D eigenvalue weighted by Gasteiger charge is -2.16. The average Bonchev–Trinajstić information content (AvgIpc) is 2.46. The Kier molecular flexibility index (Phi) is 4.47. The van der Waals surface area contributed by atoms with Crippen molar-refractivity contribution in [3.8, 4) is 5.88 Å². The second-order valence-corrected chi connectivity index (χ2v) is 4.31. The number of nitrogens with zero attached hydrogens (tertiary/aromatic N) is 1. The van der Waals surface area contributed by atoms with Crippen LogP contribution in [-0.4, -0.2) is 19.1 Å². The number of methoxy groups -OCH3 is 1. The molecule has 19 heavy (non-hydrogen) atoms. The molecule has 0 fully saturated rings. The average molecular weight is 260 g/mol. The lowest BCUT2D eigenvalue weighted by Crippen LogP contribution is -2.18. The van der Waals surface area contributed by atoms with E-state index in [1.807, 2.05) is 19.2 Å². The van der Waals surface area contributed by atoms with Crippen molar-refractivity contribution in [2.24, 2.45) is 0 Å². The molecule has 3 nitrogen and oxygen atoms in total. The molecular formula is C15H17FN2O. The number of halogens is 1. The molecule has 0 saturated heterocycles. The van der Waals surface area contributed by atoms with Crippen LogP contribution in [0.4, 0.5) is 4.39 Å². The number of aromatic nitrogens is 1. The Morgan fingerprint density at radius 3 is 2.47 bits per heavy atom. The van der Waals surface area contributed by atoms with Gasteiger partial charge in [0.25, 0.3) is 0 Å². The molecule has 0 aliphatic carbocycles. The van der Waals surface area contributed by atoms with E-state index < -0.39 is 0 Å². The molecule has 0 radical (unpaired) electrons. The zero-order valence-corrected chi connectivity index (χ0v) is 11.1. The van der Waals surface area contributed by atoms with E-state index in [0.717, 1.165) is 17.5 Å². The van der Waals surface area contributed by atoms with Gasteiger partial charge < -0.3 is 10.1 Å². The molecule has 1 aromatic carbocycles. The van der Waals surface area contributed by atoms with Crippen molar-refractivity contribution < 1.29 is 9.13 Å². The third-order valence-corrected chi connectivity index (χ3v) is 3.07. The molecule has 0 aliphatic rings. The summed E-state index contributed by atoms with van der Waals surface area (Å²) in [4.78, 5) is 4.18. The van der Waals surface area contributed by atoms with E-state index in [1.54, 1.807) is 25.4 Å². The third kappa shape index (κ3) is 3.51. The largest absolute Gasteiger partial charge is 0.481 e. The minimum absolute atomic E-state index is 0.135. The fourth-order valence-corrected chi connectivity index (χ4v) is 1.97. The van der Waals surface area contributed by atoms with Gasteiger partial charge >= 0.3 is 0 Å². The second-order valence-electron chi connectivity index (χ2n) is 4.31. The molecular weight excluding hydrogens is 243 g/mol. The first-order chi connectivity index (χ1) is 9.22. The van der Waals surface area contributed by atoms with Gasteiger partial charge in [0.1, 0.15) is 5.82 Å². The lowest BCUT2D eigenvalue weighted by atomic mass is 10.00. The molecule has 1 heterocycles. The summed E-state index contributed by atoms with van der Waals surface area (Å²) in [6.07, 6.45) is 2.59. The molecule has 1 unspecified atom stereocenters. The van der Waals surface area contributed by atoms with Gasteiger partial charge in [-0.25, -0.2) is 9.37 Å². The van der Waals surface area contributed by atoms with Gasteiger partial charge in [-0.2, -0.15) is 0 Å². The molecule has 0 bridgehead atoms. The van der Waals surface area contributed by atoms with Crippen molar-refractivity contribution in [2.75, 3.05) is 14.2 Å². The van der Waals surface area contributed by atoms with Crippen LogP contribution in [0, 0.1) is 5.82 Å². The topological polar surface area (TPSA) is 34.1 Å². The summed E-state index contributed by atoms with van der Waals surface area (Å²) < 4.78 is 17.9. The van der Waals surface area contributed by atoms with Crippen LogP contribution in [0.1, 0.15) is 17.2 Å². The quantitative estimate of drug-likeness (QED) is 0.897. The van der Waals surface area contributed by atoms with Crippen molar-refractivity contribution in [2.45, 2.75) is 12.5 Å². The minimum atomic E-state index is -0.218. The van der Waals surface area contributed by atoms with E-state index in [1.165, 1.54) is 12.1 Å². The lowest BCUT2D eigenvalue weighted by molar-refractivity contribution is 0.397. The number of likely N-dealkylation sites (N-methyl/N-ethyl adjacent to an activating group) is 1. The third-order valence-electron chi connectivity index (χ3n) is 3.07. The molecule has 1 atom stereocenters. The Morgan fingerprint density at radius 2 is 1.95 bits per heavy atom. The zero-order valence-electron chi connectivity index (χ0n) is 11.1. The molecule has 1 N–H and O–H groups in total. The highest BCUT2D eigenvalue weighted by Gasteiger charge is 2.10. The monoisotopic (exact) mass is 260 g/mol. The van der Waals surface area contributed by atoms with Crippen LogP contribution in [-0.2, 0) is 6.42 Å². The number of pyridine rings is 1. The summed E-state index contributed by atoms with van der Waals surface area (Å²) in [6.45, 7) is 0. The Balaban J connectivity index is 2.11. The van der Waals surface area contributed by atoms with Gasteiger partial charge in [-0.15, -0.1) is 0 Å². The van der Waals surface area contributed by atoms with Crippen molar-refractivity contribution in [1.29, 1.82) is 0 Å². The molecule has 2 rings (SSSR count). The van der Waals surface area contributed by atoms with E-state index in [-0.39, 0.29) is 11.9 Å². The van der Waals surface area contributed by atoms with E-state index in [2.05, 4.69) is 10.3 Å². The molecule has 0 spiro atoms. The number of nitrogens with one attached hydrogen (secondary N) is 1. The molecule has 0 amide bonds. The maximum absolute atomic E-state index is 12.9. The van der Waals surface area contributed by atoms with Crippen molar-refractivity contribution in [3.63, 3.8) is 0 Å². The summed E-state index contributed by atoms with van der Waals surface area (Å²) in [7, 11) is 3.49. The highest BCUT2D eigenvalue weighted by Crippen LogP contribution is 2.19. The number of hydrogen-bond acceptors (Lipinski definition) is 3. The smallest absolute Gasteiger partial charge is 0.212 e. The maximum Gasteiger partial charge on any atom is 0.212 e. The molecule has 0 aliphatic heterocycles. The fraction of sp³-hybridized carbons (Fsp3) is 0.267. The van der Waals surface area contributed by atoms with Crippen LogP contribution in [0.25, 0.3) is 0 Å². The normalized spacial score (nSPS) is 12.2. The van der Waals surface area contributed by atoms with Crippen molar-refractivity contribution in [1.82, 2.24) is 10.3 Å². The van der Waals surface area contributed by atoms with Crippen molar-refractivity contribution >= 4 is 0 Å². The summed E-state index contributed by atoms with van der Waals surface area (Å²) in [6, 6.07) is 10.5. The van der Waals surface area contributed by atoms with Gasteiger partial charge in [0, 0.05) is 18.3 Å². The predicted molar refractivity (Wildman–Crippen MR) is 72.7 cm³/mol.